The maximum Gasteiger partial charge on any atom is 0.320 e. The predicted molar refractivity (Wildman–Crippen MR) is 46.1 cm³/mol. The van der Waals surface area contributed by atoms with E-state index in [4.69, 9.17) is 10.8 Å². The number of esters is 1. The monoisotopic (exact) mass is 189 g/mol. The number of hydrogen-bond donors (Lipinski definition) is 2. The van der Waals surface area contributed by atoms with E-state index in [9.17, 15) is 9.59 Å². The molecule has 0 radical (unpaired) electrons. The van der Waals surface area contributed by atoms with E-state index in [1.165, 1.54) is 0 Å². The maximum absolute atomic E-state index is 10.8. The number of carboxylic acid groups (broad SMARTS) is 1. The van der Waals surface area contributed by atoms with E-state index in [-0.39, 0.29) is 12.4 Å². The molecule has 0 aliphatic heterocycles. The van der Waals surface area contributed by atoms with E-state index < -0.39 is 12.0 Å². The van der Waals surface area contributed by atoms with Crippen LogP contribution in [-0.2, 0) is 14.3 Å². The molecule has 3 N–H and O–H groups in total. The van der Waals surface area contributed by atoms with Crippen molar-refractivity contribution in [2.24, 2.45) is 5.73 Å². The Hall–Kier alpha value is -1.10. The molecular formula is C8H15NO4. The lowest BCUT2D eigenvalue weighted by atomic mass is 10.1. The van der Waals surface area contributed by atoms with Gasteiger partial charge in [-0.15, -0.1) is 0 Å². The molecule has 0 aromatic rings. The number of nitrogens with two attached hydrogens (primary N) is 1. The highest BCUT2D eigenvalue weighted by molar-refractivity contribution is 5.73. The van der Waals surface area contributed by atoms with Gasteiger partial charge in [0.1, 0.15) is 6.04 Å². The summed E-state index contributed by atoms with van der Waals surface area (Å²) in [6.07, 6.45) is 0.981. The van der Waals surface area contributed by atoms with E-state index in [0.29, 0.717) is 19.4 Å². The molecule has 13 heavy (non-hydrogen) atoms. The van der Waals surface area contributed by atoms with Crippen LogP contribution < -0.4 is 5.73 Å². The first-order valence-corrected chi connectivity index (χ1v) is 4.22. The molecule has 0 rings (SSSR count). The van der Waals surface area contributed by atoms with Crippen molar-refractivity contribution in [2.75, 3.05) is 6.61 Å². The summed E-state index contributed by atoms with van der Waals surface area (Å²) in [5.74, 6) is -1.34. The Morgan fingerprint density at radius 1 is 1.54 bits per heavy atom. The normalized spacial score (nSPS) is 12.2. The van der Waals surface area contributed by atoms with Gasteiger partial charge in [0.15, 0.2) is 0 Å². The van der Waals surface area contributed by atoms with Gasteiger partial charge in [0.05, 0.1) is 6.61 Å². The third-order valence-electron chi connectivity index (χ3n) is 1.52. The first kappa shape index (κ1) is 11.9. The standard InChI is InChI=1S/C8H15NO4/c1-2-13-7(10)5-3-4-6(9)8(11)12/h6H,2-5,9H2,1H3,(H,11,12). The van der Waals surface area contributed by atoms with E-state index in [0.717, 1.165) is 0 Å². The molecule has 0 aromatic heterocycles. The van der Waals surface area contributed by atoms with Crippen LogP contribution in [0.1, 0.15) is 26.2 Å². The Bertz CT molecular complexity index is 181. The average molecular weight is 189 g/mol. The lowest BCUT2D eigenvalue weighted by molar-refractivity contribution is -0.144. The van der Waals surface area contributed by atoms with Crippen LogP contribution >= 0.6 is 0 Å². The minimum absolute atomic E-state index is 0.231. The maximum atomic E-state index is 10.8. The lowest BCUT2D eigenvalue weighted by Gasteiger charge is -2.05. The first-order valence-electron chi connectivity index (χ1n) is 4.22. The predicted octanol–water partition coefficient (Wildman–Crippen LogP) is 0.132. The molecule has 1 atom stereocenters. The van der Waals surface area contributed by atoms with E-state index in [1.807, 2.05) is 0 Å². The fraction of sp³-hybridized carbons (Fsp3) is 0.750. The molecule has 0 saturated carbocycles. The number of rotatable bonds is 6. The number of ether oxygens (including phenoxy) is 1. The summed E-state index contributed by atoms with van der Waals surface area (Å²) in [6.45, 7) is 2.07. The van der Waals surface area contributed by atoms with Gasteiger partial charge in [0.2, 0.25) is 0 Å². The van der Waals surface area contributed by atoms with Gasteiger partial charge in [0, 0.05) is 6.42 Å². The number of carboxylic acids is 1. The van der Waals surface area contributed by atoms with Crippen LogP contribution in [0.2, 0.25) is 0 Å². The third-order valence-corrected chi connectivity index (χ3v) is 1.52. The number of carbonyl (C=O) groups is 2. The molecule has 0 amide bonds. The second kappa shape index (κ2) is 6.42. The molecule has 5 nitrogen and oxygen atoms in total. The van der Waals surface area contributed by atoms with Gasteiger partial charge in [-0.1, -0.05) is 0 Å². The highest BCUT2D eigenvalue weighted by Gasteiger charge is 2.11. The second-order valence-electron chi connectivity index (χ2n) is 2.64. The van der Waals surface area contributed by atoms with Crippen molar-refractivity contribution in [3.05, 3.63) is 0 Å². The van der Waals surface area contributed by atoms with Crippen molar-refractivity contribution in [1.29, 1.82) is 0 Å². The largest absolute Gasteiger partial charge is 0.480 e. The summed E-state index contributed by atoms with van der Waals surface area (Å²) in [5, 5.41) is 8.41. The van der Waals surface area contributed by atoms with Crippen LogP contribution in [-0.4, -0.2) is 29.7 Å². The summed E-state index contributed by atoms with van der Waals surface area (Å²) >= 11 is 0. The number of hydrogen-bond acceptors (Lipinski definition) is 4. The SMILES string of the molecule is CCOC(=O)CCCC(N)C(=O)O. The van der Waals surface area contributed by atoms with E-state index >= 15 is 0 Å². The minimum Gasteiger partial charge on any atom is -0.480 e. The highest BCUT2D eigenvalue weighted by Crippen LogP contribution is 2.00. The molecule has 1 unspecified atom stereocenters. The molecule has 5 heteroatoms. The number of aliphatic carboxylic acids is 1. The van der Waals surface area contributed by atoms with Gasteiger partial charge in [-0.3, -0.25) is 9.59 Å². The summed E-state index contributed by atoms with van der Waals surface area (Å²) in [4.78, 5) is 21.0. The van der Waals surface area contributed by atoms with Crippen LogP contribution in [0.3, 0.4) is 0 Å². The first-order chi connectivity index (χ1) is 6.07. The molecule has 0 aromatic carbocycles. The quantitative estimate of drug-likeness (QED) is 0.580. The van der Waals surface area contributed by atoms with E-state index in [1.54, 1.807) is 6.92 Å². The van der Waals surface area contributed by atoms with Crippen LogP contribution in [0.15, 0.2) is 0 Å². The van der Waals surface area contributed by atoms with Gasteiger partial charge in [-0.25, -0.2) is 0 Å². The summed E-state index contributed by atoms with van der Waals surface area (Å²) in [6, 6.07) is -0.880. The molecule has 0 spiro atoms. The Morgan fingerprint density at radius 2 is 2.15 bits per heavy atom. The summed E-state index contributed by atoms with van der Waals surface area (Å²) in [5.41, 5.74) is 5.23. The minimum atomic E-state index is -1.04. The molecule has 76 valence electrons. The summed E-state index contributed by atoms with van der Waals surface area (Å²) < 4.78 is 4.66. The van der Waals surface area contributed by atoms with E-state index in [2.05, 4.69) is 4.74 Å². The molecule has 0 heterocycles. The fourth-order valence-corrected chi connectivity index (χ4v) is 0.823. The van der Waals surface area contributed by atoms with Crippen molar-refractivity contribution in [2.45, 2.75) is 32.2 Å². The second-order valence-corrected chi connectivity index (χ2v) is 2.64. The van der Waals surface area contributed by atoms with Crippen molar-refractivity contribution in [3.8, 4) is 0 Å². The zero-order valence-corrected chi connectivity index (χ0v) is 7.66. The zero-order valence-electron chi connectivity index (χ0n) is 7.66. The molecular weight excluding hydrogens is 174 g/mol. The van der Waals surface area contributed by atoms with Crippen molar-refractivity contribution < 1.29 is 19.4 Å². The van der Waals surface area contributed by atoms with Crippen molar-refractivity contribution in [3.63, 3.8) is 0 Å². The number of carbonyl (C=O) groups excluding carboxylic acids is 1. The molecule has 0 saturated heterocycles. The Labute approximate surface area is 76.9 Å². The third kappa shape index (κ3) is 6.10. The van der Waals surface area contributed by atoms with Gasteiger partial charge in [0.25, 0.3) is 0 Å². The van der Waals surface area contributed by atoms with Gasteiger partial charge in [-0.2, -0.15) is 0 Å². The van der Waals surface area contributed by atoms with Gasteiger partial charge < -0.3 is 15.6 Å². The Kier molecular flexibility index (Phi) is 5.88. The molecule has 0 fully saturated rings. The Morgan fingerprint density at radius 3 is 2.62 bits per heavy atom. The smallest absolute Gasteiger partial charge is 0.320 e. The van der Waals surface area contributed by atoms with Crippen LogP contribution in [0.4, 0.5) is 0 Å². The van der Waals surface area contributed by atoms with Crippen LogP contribution in [0.25, 0.3) is 0 Å². The molecule has 0 aliphatic rings. The topological polar surface area (TPSA) is 89.6 Å². The highest BCUT2D eigenvalue weighted by atomic mass is 16.5. The average Bonchev–Trinajstić information content (AvgIpc) is 2.04. The van der Waals surface area contributed by atoms with Gasteiger partial charge >= 0.3 is 11.9 Å². The van der Waals surface area contributed by atoms with Crippen molar-refractivity contribution >= 4 is 11.9 Å². The fourth-order valence-electron chi connectivity index (χ4n) is 0.823. The molecule has 0 bridgehead atoms. The zero-order chi connectivity index (χ0) is 10.3. The van der Waals surface area contributed by atoms with Crippen molar-refractivity contribution in [1.82, 2.24) is 0 Å². The lowest BCUT2D eigenvalue weighted by Crippen LogP contribution is -2.29. The van der Waals surface area contributed by atoms with Gasteiger partial charge in [-0.05, 0) is 19.8 Å². The Balaban J connectivity index is 3.44. The van der Waals surface area contributed by atoms with Crippen LogP contribution in [0, 0.1) is 0 Å². The summed E-state index contributed by atoms with van der Waals surface area (Å²) in [7, 11) is 0. The van der Waals surface area contributed by atoms with Crippen LogP contribution in [0.5, 0.6) is 0 Å². The molecule has 0 aliphatic carbocycles.